The predicted molar refractivity (Wildman–Crippen MR) is 109 cm³/mol. The van der Waals surface area contributed by atoms with Crippen LogP contribution >= 0.6 is 11.6 Å². The molecular weight excluding hydrogens is 414 g/mol. The minimum Gasteiger partial charge on any atom is -0.456 e. The number of ether oxygens (including phenoxy) is 1. The molecule has 2 aromatic carbocycles. The molecule has 0 aliphatic heterocycles. The Morgan fingerprint density at radius 2 is 1.93 bits per heavy atom. The highest BCUT2D eigenvalue weighted by molar-refractivity contribution is 6.31. The number of rotatable bonds is 7. The number of aryl methyl sites for hydroxylation is 1. The number of carbonyl (C=O) groups is 3. The third-order valence-electron chi connectivity index (χ3n) is 4.29. The van der Waals surface area contributed by atoms with Crippen LogP contribution in [-0.4, -0.2) is 40.7 Å². The molecule has 10 heteroatoms. The fraction of sp³-hybridized carbons (Fsp3) is 0.150. The van der Waals surface area contributed by atoms with Gasteiger partial charge in [-0.05, 0) is 19.1 Å². The van der Waals surface area contributed by atoms with Crippen LogP contribution in [0.3, 0.4) is 0 Å². The average molecular weight is 430 g/mol. The van der Waals surface area contributed by atoms with Gasteiger partial charge in [0.2, 0.25) is 5.78 Å². The van der Waals surface area contributed by atoms with Crippen LogP contribution in [0.4, 0.5) is 5.69 Å². The van der Waals surface area contributed by atoms with Crippen LogP contribution in [0.5, 0.6) is 0 Å². The number of H-pyrrole nitrogens is 1. The zero-order chi connectivity index (χ0) is 21.8. The monoisotopic (exact) mass is 429 g/mol. The van der Waals surface area contributed by atoms with E-state index >= 15 is 0 Å². The maximum absolute atomic E-state index is 12.5. The Hall–Kier alpha value is -3.72. The molecular formula is C20H16ClN3O6. The number of aromatic amines is 1. The zero-order valence-electron chi connectivity index (χ0n) is 15.7. The minimum absolute atomic E-state index is 0.0108. The second-order valence-electron chi connectivity index (χ2n) is 6.39. The van der Waals surface area contributed by atoms with E-state index in [4.69, 9.17) is 16.3 Å². The van der Waals surface area contributed by atoms with Gasteiger partial charge in [0.1, 0.15) is 6.54 Å². The summed E-state index contributed by atoms with van der Waals surface area (Å²) in [7, 11) is 0. The van der Waals surface area contributed by atoms with Crippen molar-refractivity contribution in [3.8, 4) is 0 Å². The number of ketones is 1. The number of nitrogens with zero attached hydrogens (tertiary/aromatic N) is 1. The van der Waals surface area contributed by atoms with E-state index in [2.05, 4.69) is 10.3 Å². The number of Topliss-reactive ketones (excluding diaryl/α,β-unsaturated/α-hetero) is 1. The lowest BCUT2D eigenvalue weighted by molar-refractivity contribution is -0.384. The van der Waals surface area contributed by atoms with Gasteiger partial charge in [-0.15, -0.1) is 0 Å². The molecule has 0 fully saturated rings. The van der Waals surface area contributed by atoms with E-state index in [9.17, 15) is 24.5 Å². The Balaban J connectivity index is 1.57. The molecule has 154 valence electrons. The van der Waals surface area contributed by atoms with Crippen molar-refractivity contribution in [3.05, 3.63) is 74.4 Å². The van der Waals surface area contributed by atoms with Gasteiger partial charge in [-0.25, -0.2) is 0 Å². The van der Waals surface area contributed by atoms with Gasteiger partial charge in [0.25, 0.3) is 11.6 Å². The summed E-state index contributed by atoms with van der Waals surface area (Å²) in [6, 6.07) is 10.6. The largest absolute Gasteiger partial charge is 0.456 e. The fourth-order valence-corrected chi connectivity index (χ4v) is 3.20. The molecule has 30 heavy (non-hydrogen) atoms. The smallest absolute Gasteiger partial charge is 0.325 e. The van der Waals surface area contributed by atoms with Crippen LogP contribution in [0.25, 0.3) is 10.9 Å². The van der Waals surface area contributed by atoms with Gasteiger partial charge in [0.05, 0.1) is 4.92 Å². The third-order valence-corrected chi connectivity index (χ3v) is 4.50. The molecule has 1 aromatic heterocycles. The molecule has 0 atom stereocenters. The Labute approximate surface area is 175 Å². The van der Waals surface area contributed by atoms with Gasteiger partial charge in [0, 0.05) is 44.9 Å². The first-order valence-corrected chi connectivity index (χ1v) is 9.13. The van der Waals surface area contributed by atoms with Gasteiger partial charge in [-0.3, -0.25) is 24.5 Å². The second-order valence-corrected chi connectivity index (χ2v) is 6.83. The van der Waals surface area contributed by atoms with Gasteiger partial charge < -0.3 is 15.0 Å². The zero-order valence-corrected chi connectivity index (χ0v) is 16.5. The first-order chi connectivity index (χ1) is 14.3. The van der Waals surface area contributed by atoms with Crippen molar-refractivity contribution in [2.24, 2.45) is 0 Å². The summed E-state index contributed by atoms with van der Waals surface area (Å²) in [6.07, 6.45) is 0. The predicted octanol–water partition coefficient (Wildman–Crippen LogP) is 3.19. The maximum Gasteiger partial charge on any atom is 0.325 e. The molecule has 1 heterocycles. The van der Waals surface area contributed by atoms with Crippen LogP contribution in [-0.2, 0) is 9.53 Å². The molecule has 3 rings (SSSR count). The van der Waals surface area contributed by atoms with Crippen LogP contribution < -0.4 is 5.32 Å². The Kier molecular flexibility index (Phi) is 6.12. The van der Waals surface area contributed by atoms with Gasteiger partial charge >= 0.3 is 5.97 Å². The highest BCUT2D eigenvalue weighted by Crippen LogP contribution is 2.22. The third kappa shape index (κ3) is 4.64. The molecule has 3 aromatic rings. The summed E-state index contributed by atoms with van der Waals surface area (Å²) in [5.41, 5.74) is 1.47. The van der Waals surface area contributed by atoms with Crippen molar-refractivity contribution in [2.75, 3.05) is 13.2 Å². The molecule has 0 saturated carbocycles. The number of nitrogens with one attached hydrogen (secondary N) is 2. The van der Waals surface area contributed by atoms with Crippen molar-refractivity contribution in [1.29, 1.82) is 0 Å². The Bertz CT molecular complexity index is 1170. The number of hydrogen-bond acceptors (Lipinski definition) is 6. The first kappa shape index (κ1) is 21.0. The average Bonchev–Trinajstić information content (AvgIpc) is 3.05. The second kappa shape index (κ2) is 8.75. The number of para-hydroxylation sites is 1. The number of amides is 1. The lowest BCUT2D eigenvalue weighted by Crippen LogP contribution is -2.31. The highest BCUT2D eigenvalue weighted by atomic mass is 35.5. The number of esters is 1. The van der Waals surface area contributed by atoms with E-state index < -0.39 is 30.0 Å². The number of benzene rings is 2. The lowest BCUT2D eigenvalue weighted by atomic mass is 10.1. The number of nitro groups is 1. The van der Waals surface area contributed by atoms with E-state index in [1.54, 1.807) is 19.1 Å². The van der Waals surface area contributed by atoms with Crippen molar-refractivity contribution < 1.29 is 24.0 Å². The quantitative estimate of drug-likeness (QED) is 0.256. The summed E-state index contributed by atoms with van der Waals surface area (Å²) < 4.78 is 4.95. The summed E-state index contributed by atoms with van der Waals surface area (Å²) in [5, 5.41) is 13.9. The summed E-state index contributed by atoms with van der Waals surface area (Å²) in [4.78, 5) is 49.8. The molecule has 0 saturated heterocycles. The summed E-state index contributed by atoms with van der Waals surface area (Å²) in [5.74, 6) is -1.95. The number of aromatic nitrogens is 1. The number of non-ortho nitro benzene ring substituents is 1. The Morgan fingerprint density at radius 1 is 1.20 bits per heavy atom. The molecule has 0 spiro atoms. The highest BCUT2D eigenvalue weighted by Gasteiger charge is 2.18. The minimum atomic E-state index is -0.828. The van der Waals surface area contributed by atoms with E-state index in [-0.39, 0.29) is 22.1 Å². The fourth-order valence-electron chi connectivity index (χ4n) is 2.97. The molecule has 1 amide bonds. The van der Waals surface area contributed by atoms with Crippen molar-refractivity contribution in [2.45, 2.75) is 6.92 Å². The van der Waals surface area contributed by atoms with E-state index in [1.807, 2.05) is 12.1 Å². The van der Waals surface area contributed by atoms with Crippen LogP contribution in [0.15, 0.2) is 42.5 Å². The summed E-state index contributed by atoms with van der Waals surface area (Å²) >= 11 is 5.77. The van der Waals surface area contributed by atoms with Gasteiger partial charge in [-0.2, -0.15) is 0 Å². The SMILES string of the molecule is Cc1[nH]c2ccccc2c1C(=O)COC(=O)CNC(=O)c1cc(Cl)cc([N+](=O)[O-])c1. The van der Waals surface area contributed by atoms with E-state index in [0.717, 1.165) is 23.0 Å². The number of nitro benzene ring substituents is 1. The molecule has 0 radical (unpaired) electrons. The summed E-state index contributed by atoms with van der Waals surface area (Å²) in [6.45, 7) is 0.749. The first-order valence-electron chi connectivity index (χ1n) is 8.75. The normalized spacial score (nSPS) is 10.6. The molecule has 9 nitrogen and oxygen atoms in total. The van der Waals surface area contributed by atoms with Gasteiger partial charge in [-0.1, -0.05) is 29.8 Å². The number of fused-ring (bicyclic) bond motifs is 1. The van der Waals surface area contributed by atoms with E-state index in [0.29, 0.717) is 11.3 Å². The van der Waals surface area contributed by atoms with E-state index in [1.165, 1.54) is 6.07 Å². The van der Waals surface area contributed by atoms with Crippen molar-refractivity contribution in [1.82, 2.24) is 10.3 Å². The van der Waals surface area contributed by atoms with Crippen LogP contribution in [0.2, 0.25) is 5.02 Å². The van der Waals surface area contributed by atoms with Gasteiger partial charge in [0.15, 0.2) is 6.61 Å². The lowest BCUT2D eigenvalue weighted by Gasteiger charge is -2.07. The molecule has 0 bridgehead atoms. The molecule has 0 aliphatic carbocycles. The van der Waals surface area contributed by atoms with Crippen LogP contribution in [0, 0.1) is 17.0 Å². The number of halogens is 1. The standard InChI is InChI=1S/C20H16ClN3O6/c1-11-19(15-4-2-3-5-16(15)23-11)17(25)10-30-18(26)9-22-20(27)12-6-13(21)8-14(7-12)24(28)29/h2-8,23H,9-10H2,1H3,(H,22,27). The van der Waals surface area contributed by atoms with Crippen LogP contribution in [0.1, 0.15) is 26.4 Å². The number of carbonyl (C=O) groups excluding carboxylic acids is 3. The maximum atomic E-state index is 12.5. The van der Waals surface area contributed by atoms with Crippen molar-refractivity contribution in [3.63, 3.8) is 0 Å². The Morgan fingerprint density at radius 3 is 2.67 bits per heavy atom. The molecule has 0 aliphatic rings. The number of hydrogen-bond donors (Lipinski definition) is 2. The van der Waals surface area contributed by atoms with Crippen molar-refractivity contribution >= 4 is 45.9 Å². The topological polar surface area (TPSA) is 131 Å². The molecule has 2 N–H and O–H groups in total. The molecule has 0 unspecified atom stereocenters.